The molecule has 0 aromatic carbocycles. The zero-order valence-electron chi connectivity index (χ0n) is 8.25. The van der Waals surface area contributed by atoms with Gasteiger partial charge in [0.15, 0.2) is 0 Å². The Labute approximate surface area is 80.3 Å². The molecule has 2 heteroatoms. The van der Waals surface area contributed by atoms with Gasteiger partial charge in [0, 0.05) is 13.0 Å². The van der Waals surface area contributed by atoms with Gasteiger partial charge in [-0.2, -0.15) is 0 Å². The first-order valence-corrected chi connectivity index (χ1v) is 5.13. The van der Waals surface area contributed by atoms with Crippen LogP contribution in [-0.2, 0) is 4.74 Å². The summed E-state index contributed by atoms with van der Waals surface area (Å²) in [5.41, 5.74) is 0. The molecule has 0 spiro atoms. The second kappa shape index (κ2) is 6.01. The summed E-state index contributed by atoms with van der Waals surface area (Å²) in [6.07, 6.45) is 5.63. The monoisotopic (exact) mass is 182 g/mol. The molecular formula is C11H18O2. The molecule has 0 amide bonds. The molecule has 1 aliphatic rings. The van der Waals surface area contributed by atoms with Crippen LogP contribution in [0, 0.1) is 11.8 Å². The fraction of sp³-hybridized carbons (Fsp3) is 0.818. The van der Waals surface area contributed by atoms with E-state index in [2.05, 4.69) is 18.8 Å². The molecule has 0 saturated carbocycles. The number of unbranched alkanes of at least 4 members (excludes halogenated alkanes) is 2. The molecule has 2 nitrogen and oxygen atoms in total. The quantitative estimate of drug-likeness (QED) is 0.399. The minimum atomic E-state index is 0.170. The summed E-state index contributed by atoms with van der Waals surface area (Å²) in [6, 6.07) is 0. The van der Waals surface area contributed by atoms with Crippen LogP contribution in [0.4, 0.5) is 0 Å². The number of aliphatic hydroxyl groups excluding tert-OH is 1. The third-order valence-corrected chi connectivity index (χ3v) is 2.13. The van der Waals surface area contributed by atoms with Crippen LogP contribution in [0.1, 0.15) is 39.0 Å². The van der Waals surface area contributed by atoms with Gasteiger partial charge in [0.05, 0.1) is 6.10 Å². The number of rotatable bonds is 5. The Bertz CT molecular complexity index is 190. The van der Waals surface area contributed by atoms with E-state index < -0.39 is 0 Å². The number of hydrogen-bond donors (Lipinski definition) is 1. The van der Waals surface area contributed by atoms with E-state index in [0.29, 0.717) is 6.10 Å². The maximum atomic E-state index is 8.58. The van der Waals surface area contributed by atoms with Gasteiger partial charge in [-0.25, -0.2) is 0 Å². The van der Waals surface area contributed by atoms with E-state index >= 15 is 0 Å². The van der Waals surface area contributed by atoms with Crippen molar-refractivity contribution in [2.45, 2.75) is 51.2 Å². The van der Waals surface area contributed by atoms with Gasteiger partial charge in [-0.1, -0.05) is 19.3 Å². The zero-order valence-corrected chi connectivity index (χ0v) is 8.25. The van der Waals surface area contributed by atoms with Gasteiger partial charge in [-0.05, 0) is 19.3 Å². The lowest BCUT2D eigenvalue weighted by Gasteiger charge is -1.87. The number of ether oxygens (including phenoxy) is 1. The van der Waals surface area contributed by atoms with Gasteiger partial charge in [-0.15, -0.1) is 5.92 Å². The summed E-state index contributed by atoms with van der Waals surface area (Å²) in [6.45, 7) is 2.43. The molecule has 1 saturated heterocycles. The van der Waals surface area contributed by atoms with Crippen LogP contribution in [-0.4, -0.2) is 23.9 Å². The van der Waals surface area contributed by atoms with Crippen molar-refractivity contribution in [2.75, 3.05) is 6.61 Å². The topological polar surface area (TPSA) is 32.8 Å². The molecule has 1 aliphatic heterocycles. The van der Waals surface area contributed by atoms with Gasteiger partial charge >= 0.3 is 0 Å². The van der Waals surface area contributed by atoms with E-state index in [1.54, 1.807) is 0 Å². The number of epoxide rings is 1. The highest BCUT2D eigenvalue weighted by Gasteiger charge is 2.36. The minimum Gasteiger partial charge on any atom is -0.396 e. The first-order valence-electron chi connectivity index (χ1n) is 5.13. The number of aliphatic hydroxyl groups is 1. The van der Waals surface area contributed by atoms with Gasteiger partial charge in [0.2, 0.25) is 0 Å². The molecule has 0 aromatic heterocycles. The highest BCUT2D eigenvalue weighted by atomic mass is 16.6. The highest BCUT2D eigenvalue weighted by Crippen LogP contribution is 2.25. The fourth-order valence-electron chi connectivity index (χ4n) is 1.22. The van der Waals surface area contributed by atoms with Crippen molar-refractivity contribution >= 4 is 0 Å². The summed E-state index contributed by atoms with van der Waals surface area (Å²) in [7, 11) is 0. The Balaban J connectivity index is 2.01. The highest BCUT2D eigenvalue weighted by molar-refractivity contribution is 5.13. The van der Waals surface area contributed by atoms with E-state index in [1.807, 2.05) is 0 Å². The molecule has 1 rings (SSSR count). The lowest BCUT2D eigenvalue weighted by atomic mass is 10.2. The second-order valence-corrected chi connectivity index (χ2v) is 3.39. The number of hydrogen-bond acceptors (Lipinski definition) is 2. The summed E-state index contributed by atoms with van der Waals surface area (Å²) in [5.74, 6) is 6.21. The Morgan fingerprint density at radius 3 is 2.92 bits per heavy atom. The Morgan fingerprint density at radius 2 is 2.23 bits per heavy atom. The van der Waals surface area contributed by atoms with Crippen LogP contribution in [0.15, 0.2) is 0 Å². The lowest BCUT2D eigenvalue weighted by Crippen LogP contribution is -1.93. The zero-order chi connectivity index (χ0) is 9.52. The van der Waals surface area contributed by atoms with Crippen LogP contribution in [0.2, 0.25) is 0 Å². The van der Waals surface area contributed by atoms with Crippen molar-refractivity contribution in [1.82, 2.24) is 0 Å². The Morgan fingerprint density at radius 1 is 1.38 bits per heavy atom. The van der Waals surface area contributed by atoms with Crippen molar-refractivity contribution in [3.63, 3.8) is 0 Å². The van der Waals surface area contributed by atoms with Gasteiger partial charge in [0.1, 0.15) is 6.10 Å². The molecule has 0 unspecified atom stereocenters. The van der Waals surface area contributed by atoms with E-state index in [0.717, 1.165) is 19.3 Å². The molecule has 1 fully saturated rings. The van der Waals surface area contributed by atoms with Crippen LogP contribution in [0.3, 0.4) is 0 Å². The standard InChI is InChI=1S/C11H18O2/c1-2-3-4-5-7-10-11(13-10)8-6-9-12/h10-12H,2-4,6,8-9H2,1H3/t10-,11-/m1/s1. The Kier molecular flexibility index (Phi) is 4.88. The molecule has 0 aliphatic carbocycles. The predicted molar refractivity (Wildman–Crippen MR) is 52.3 cm³/mol. The first kappa shape index (κ1) is 10.6. The Hall–Kier alpha value is -0.520. The summed E-state index contributed by atoms with van der Waals surface area (Å²) >= 11 is 0. The average molecular weight is 182 g/mol. The minimum absolute atomic E-state index is 0.170. The van der Waals surface area contributed by atoms with E-state index in [-0.39, 0.29) is 12.7 Å². The average Bonchev–Trinajstić information content (AvgIpc) is 2.88. The van der Waals surface area contributed by atoms with Gasteiger partial charge in [0.25, 0.3) is 0 Å². The van der Waals surface area contributed by atoms with Crippen molar-refractivity contribution in [1.29, 1.82) is 0 Å². The first-order chi connectivity index (χ1) is 6.38. The van der Waals surface area contributed by atoms with E-state index in [9.17, 15) is 0 Å². The predicted octanol–water partition coefficient (Wildman–Crippen LogP) is 1.72. The summed E-state index contributed by atoms with van der Waals surface area (Å²) in [5, 5.41) is 8.58. The molecule has 0 radical (unpaired) electrons. The molecular weight excluding hydrogens is 164 g/mol. The molecule has 13 heavy (non-hydrogen) atoms. The van der Waals surface area contributed by atoms with Crippen molar-refractivity contribution < 1.29 is 9.84 Å². The molecule has 1 heterocycles. The maximum Gasteiger partial charge on any atom is 0.144 e. The smallest absolute Gasteiger partial charge is 0.144 e. The third kappa shape index (κ3) is 4.31. The van der Waals surface area contributed by atoms with Gasteiger partial charge < -0.3 is 9.84 Å². The molecule has 0 aromatic rings. The van der Waals surface area contributed by atoms with Gasteiger partial charge in [-0.3, -0.25) is 0 Å². The van der Waals surface area contributed by atoms with Crippen LogP contribution in [0.5, 0.6) is 0 Å². The van der Waals surface area contributed by atoms with Crippen LogP contribution >= 0.6 is 0 Å². The van der Waals surface area contributed by atoms with Crippen molar-refractivity contribution in [2.24, 2.45) is 0 Å². The molecule has 74 valence electrons. The molecule has 0 bridgehead atoms. The van der Waals surface area contributed by atoms with E-state index in [1.165, 1.54) is 12.8 Å². The largest absolute Gasteiger partial charge is 0.396 e. The molecule has 1 N–H and O–H groups in total. The molecule has 2 atom stereocenters. The normalized spacial score (nSPS) is 25.1. The van der Waals surface area contributed by atoms with Crippen molar-refractivity contribution in [3.05, 3.63) is 0 Å². The second-order valence-electron chi connectivity index (χ2n) is 3.39. The maximum absolute atomic E-state index is 8.58. The summed E-state index contributed by atoms with van der Waals surface area (Å²) in [4.78, 5) is 0. The summed E-state index contributed by atoms with van der Waals surface area (Å²) < 4.78 is 5.31. The lowest BCUT2D eigenvalue weighted by molar-refractivity contribution is 0.273. The third-order valence-electron chi connectivity index (χ3n) is 2.13. The van der Waals surface area contributed by atoms with Crippen LogP contribution < -0.4 is 0 Å². The fourth-order valence-corrected chi connectivity index (χ4v) is 1.22. The van der Waals surface area contributed by atoms with Crippen LogP contribution in [0.25, 0.3) is 0 Å². The van der Waals surface area contributed by atoms with Crippen molar-refractivity contribution in [3.8, 4) is 11.8 Å². The SMILES string of the molecule is CCCCC#C[C@H]1O[C@@H]1CCCO. The van der Waals surface area contributed by atoms with E-state index in [4.69, 9.17) is 9.84 Å².